The minimum Gasteiger partial charge on any atom is -0.309 e. The first-order valence-electron chi connectivity index (χ1n) is 6.59. The number of halogens is 1. The first kappa shape index (κ1) is 14.0. The molecule has 0 aliphatic carbocycles. The Morgan fingerprint density at radius 3 is 2.75 bits per heavy atom. The van der Waals surface area contributed by atoms with E-state index < -0.39 is 0 Å². The number of hydrogen-bond acceptors (Lipinski definition) is 4. The van der Waals surface area contributed by atoms with Crippen LogP contribution in [-0.4, -0.2) is 11.5 Å². The van der Waals surface area contributed by atoms with Crippen molar-refractivity contribution in [2.45, 2.75) is 19.4 Å². The Kier molecular flexibility index (Phi) is 4.36. The van der Waals surface area contributed by atoms with Gasteiger partial charge in [-0.15, -0.1) is 22.7 Å². The highest BCUT2D eigenvalue weighted by atomic mass is 35.5. The molecule has 2 heterocycles. The molecule has 0 fully saturated rings. The fraction of sp³-hybridized carbons (Fsp3) is 0.267. The number of aromatic nitrogens is 1. The van der Waals surface area contributed by atoms with E-state index in [9.17, 15) is 0 Å². The van der Waals surface area contributed by atoms with Crippen molar-refractivity contribution in [3.05, 3.63) is 50.6 Å². The van der Waals surface area contributed by atoms with Crippen molar-refractivity contribution < 1.29 is 0 Å². The fourth-order valence-electron chi connectivity index (χ4n) is 2.22. The Hall–Kier alpha value is -0.940. The van der Waals surface area contributed by atoms with Gasteiger partial charge in [-0.3, -0.25) is 0 Å². The van der Waals surface area contributed by atoms with Gasteiger partial charge in [0, 0.05) is 17.3 Å². The molecule has 0 radical (unpaired) electrons. The fourth-order valence-corrected chi connectivity index (χ4v) is 4.37. The van der Waals surface area contributed by atoms with E-state index in [1.807, 2.05) is 12.1 Å². The number of likely N-dealkylation sites (N-methyl/N-ethyl adjacent to an activating group) is 1. The lowest BCUT2D eigenvalue weighted by Crippen LogP contribution is -2.21. The molecule has 20 heavy (non-hydrogen) atoms. The third-order valence-corrected chi connectivity index (χ3v) is 5.51. The van der Waals surface area contributed by atoms with Crippen LogP contribution in [0.3, 0.4) is 0 Å². The van der Waals surface area contributed by atoms with E-state index in [1.165, 1.54) is 14.6 Å². The summed E-state index contributed by atoms with van der Waals surface area (Å²) in [4.78, 5) is 5.99. The molecular weight excluding hydrogens is 308 g/mol. The number of rotatable bonds is 5. The van der Waals surface area contributed by atoms with Crippen LogP contribution in [0.4, 0.5) is 0 Å². The summed E-state index contributed by atoms with van der Waals surface area (Å²) < 4.78 is 2.09. The third-order valence-electron chi connectivity index (χ3n) is 3.10. The maximum absolute atomic E-state index is 6.05. The molecule has 2 nitrogen and oxygen atoms in total. The smallest absolute Gasteiger partial charge is 0.0957 e. The van der Waals surface area contributed by atoms with Gasteiger partial charge in [0.1, 0.15) is 0 Å². The lowest BCUT2D eigenvalue weighted by molar-refractivity contribution is 0.557. The van der Waals surface area contributed by atoms with E-state index in [-0.39, 0.29) is 6.04 Å². The molecule has 5 heteroatoms. The molecule has 3 rings (SSSR count). The SMILES string of the molecule is CCNC(Cc1nc2ccccc2s1)c1ccc(Cl)s1. The van der Waals surface area contributed by atoms with Crippen molar-refractivity contribution in [2.24, 2.45) is 0 Å². The molecule has 2 aromatic heterocycles. The highest BCUT2D eigenvalue weighted by Gasteiger charge is 2.15. The van der Waals surface area contributed by atoms with E-state index in [1.54, 1.807) is 22.7 Å². The van der Waals surface area contributed by atoms with Crippen LogP contribution >= 0.6 is 34.3 Å². The lowest BCUT2D eigenvalue weighted by atomic mass is 10.2. The van der Waals surface area contributed by atoms with Gasteiger partial charge in [0.15, 0.2) is 0 Å². The van der Waals surface area contributed by atoms with Crippen LogP contribution in [0.15, 0.2) is 36.4 Å². The minimum atomic E-state index is 0.290. The second-order valence-corrected chi connectivity index (χ2v) is 7.39. The van der Waals surface area contributed by atoms with Gasteiger partial charge < -0.3 is 5.32 Å². The molecule has 1 N–H and O–H groups in total. The third kappa shape index (κ3) is 3.04. The van der Waals surface area contributed by atoms with Crippen molar-refractivity contribution in [3.63, 3.8) is 0 Å². The summed E-state index contributed by atoms with van der Waals surface area (Å²) in [6.07, 6.45) is 0.907. The Bertz CT molecular complexity index is 672. The topological polar surface area (TPSA) is 24.9 Å². The average molecular weight is 323 g/mol. The van der Waals surface area contributed by atoms with Gasteiger partial charge in [0.05, 0.1) is 19.6 Å². The van der Waals surface area contributed by atoms with E-state index in [4.69, 9.17) is 16.6 Å². The molecule has 1 unspecified atom stereocenters. The first-order chi connectivity index (χ1) is 9.76. The number of thiophene rings is 1. The van der Waals surface area contributed by atoms with Crippen molar-refractivity contribution in [1.82, 2.24) is 10.3 Å². The summed E-state index contributed by atoms with van der Waals surface area (Å²) in [5.41, 5.74) is 1.09. The van der Waals surface area contributed by atoms with E-state index >= 15 is 0 Å². The maximum atomic E-state index is 6.05. The summed E-state index contributed by atoms with van der Waals surface area (Å²) >= 11 is 9.46. The first-order valence-corrected chi connectivity index (χ1v) is 8.60. The van der Waals surface area contributed by atoms with Crippen LogP contribution in [0.1, 0.15) is 22.9 Å². The number of para-hydroxylation sites is 1. The molecule has 0 bridgehead atoms. The summed E-state index contributed by atoms with van der Waals surface area (Å²) in [6.45, 7) is 3.06. The molecule has 0 aliphatic heterocycles. The average Bonchev–Trinajstić information content (AvgIpc) is 3.03. The zero-order valence-electron chi connectivity index (χ0n) is 11.1. The number of hydrogen-bond donors (Lipinski definition) is 1. The standard InChI is InChI=1S/C15H15ClN2S2/c1-2-17-11(13-7-8-14(16)19-13)9-15-18-10-5-3-4-6-12(10)20-15/h3-8,11,17H,2,9H2,1H3. The lowest BCUT2D eigenvalue weighted by Gasteiger charge is -2.14. The molecule has 0 amide bonds. The predicted molar refractivity (Wildman–Crippen MR) is 89.1 cm³/mol. The van der Waals surface area contributed by atoms with Gasteiger partial charge in [-0.05, 0) is 30.8 Å². The normalized spacial score (nSPS) is 12.9. The second-order valence-electron chi connectivity index (χ2n) is 4.53. The molecule has 1 atom stereocenters. The number of nitrogens with one attached hydrogen (secondary N) is 1. The van der Waals surface area contributed by atoms with Gasteiger partial charge in [-0.25, -0.2) is 4.98 Å². The summed E-state index contributed by atoms with van der Waals surface area (Å²) in [6, 6.07) is 12.6. The molecule has 0 saturated carbocycles. The Morgan fingerprint density at radius 2 is 2.05 bits per heavy atom. The molecule has 3 aromatic rings. The van der Waals surface area contributed by atoms with E-state index in [2.05, 4.69) is 36.5 Å². The quantitative estimate of drug-likeness (QED) is 0.722. The summed E-state index contributed by atoms with van der Waals surface area (Å²) in [5, 5.41) is 4.69. The van der Waals surface area contributed by atoms with Crippen LogP contribution in [0.5, 0.6) is 0 Å². The zero-order valence-corrected chi connectivity index (χ0v) is 13.5. The molecule has 104 valence electrons. The highest BCUT2D eigenvalue weighted by Crippen LogP contribution is 2.31. The van der Waals surface area contributed by atoms with Crippen molar-refractivity contribution >= 4 is 44.5 Å². The van der Waals surface area contributed by atoms with Gasteiger partial charge >= 0.3 is 0 Å². The zero-order chi connectivity index (χ0) is 13.9. The highest BCUT2D eigenvalue weighted by molar-refractivity contribution is 7.18. The number of fused-ring (bicyclic) bond motifs is 1. The number of thiazole rings is 1. The maximum Gasteiger partial charge on any atom is 0.0957 e. The predicted octanol–water partition coefficient (Wildman–Crippen LogP) is 4.90. The monoisotopic (exact) mass is 322 g/mol. The van der Waals surface area contributed by atoms with Crippen molar-refractivity contribution in [1.29, 1.82) is 0 Å². The van der Waals surface area contributed by atoms with E-state index in [0.29, 0.717) is 0 Å². The van der Waals surface area contributed by atoms with Gasteiger partial charge in [-0.1, -0.05) is 30.7 Å². The van der Waals surface area contributed by atoms with Crippen LogP contribution in [0.2, 0.25) is 4.34 Å². The van der Waals surface area contributed by atoms with E-state index in [0.717, 1.165) is 22.8 Å². The number of benzene rings is 1. The van der Waals surface area contributed by atoms with Gasteiger partial charge in [0.25, 0.3) is 0 Å². The molecule has 0 spiro atoms. The van der Waals surface area contributed by atoms with Crippen molar-refractivity contribution in [3.8, 4) is 0 Å². The Morgan fingerprint density at radius 1 is 1.20 bits per heavy atom. The Balaban J connectivity index is 1.85. The van der Waals surface area contributed by atoms with Crippen LogP contribution in [0.25, 0.3) is 10.2 Å². The van der Waals surface area contributed by atoms with Crippen LogP contribution in [-0.2, 0) is 6.42 Å². The molecular formula is C15H15ClN2S2. The second kappa shape index (κ2) is 6.22. The van der Waals surface area contributed by atoms with Gasteiger partial charge in [0.2, 0.25) is 0 Å². The minimum absolute atomic E-state index is 0.290. The van der Waals surface area contributed by atoms with Crippen LogP contribution < -0.4 is 5.32 Å². The van der Waals surface area contributed by atoms with Gasteiger partial charge in [-0.2, -0.15) is 0 Å². The number of nitrogens with zero attached hydrogens (tertiary/aromatic N) is 1. The molecule has 0 aliphatic rings. The Labute approximate surface area is 131 Å². The molecule has 0 saturated heterocycles. The molecule has 1 aromatic carbocycles. The van der Waals surface area contributed by atoms with Crippen molar-refractivity contribution in [2.75, 3.05) is 6.54 Å². The van der Waals surface area contributed by atoms with Crippen LogP contribution in [0, 0.1) is 0 Å². The summed E-state index contributed by atoms with van der Waals surface area (Å²) in [5.74, 6) is 0. The largest absolute Gasteiger partial charge is 0.309 e. The summed E-state index contributed by atoms with van der Waals surface area (Å²) in [7, 11) is 0.